The van der Waals surface area contributed by atoms with E-state index < -0.39 is 6.10 Å². The third-order valence-electron chi connectivity index (χ3n) is 5.51. The second kappa shape index (κ2) is 12.3. The molecule has 1 aromatic heterocycles. The van der Waals surface area contributed by atoms with Crippen LogP contribution in [-0.2, 0) is 16.0 Å². The molecule has 0 unspecified atom stereocenters. The van der Waals surface area contributed by atoms with Gasteiger partial charge in [-0.25, -0.2) is 4.68 Å². The minimum atomic E-state index is -0.628. The van der Waals surface area contributed by atoms with Crippen molar-refractivity contribution < 1.29 is 19.3 Å². The number of rotatable bonds is 12. The van der Waals surface area contributed by atoms with Gasteiger partial charge in [0.05, 0.1) is 41.9 Å². The molecule has 0 saturated carbocycles. The first kappa shape index (κ1) is 26.9. The van der Waals surface area contributed by atoms with E-state index in [0.29, 0.717) is 32.1 Å². The number of hydrogen-bond acceptors (Lipinski definition) is 6. The molecule has 0 aliphatic carbocycles. The number of para-hydroxylation sites is 1. The smallest absolute Gasteiger partial charge is 0.227 e. The number of methoxy groups -OCH3 is 1. The molecule has 35 heavy (non-hydrogen) atoms. The van der Waals surface area contributed by atoms with E-state index >= 15 is 0 Å². The van der Waals surface area contributed by atoms with E-state index in [4.69, 9.17) is 19.3 Å². The van der Waals surface area contributed by atoms with Crippen molar-refractivity contribution in [2.45, 2.75) is 52.9 Å². The Labute approximate surface area is 209 Å². The van der Waals surface area contributed by atoms with E-state index in [1.807, 2.05) is 93.9 Å². The van der Waals surface area contributed by atoms with E-state index in [0.717, 1.165) is 28.3 Å². The molecule has 2 aromatic carbocycles. The lowest BCUT2D eigenvalue weighted by Crippen LogP contribution is -2.38. The molecule has 7 nitrogen and oxygen atoms in total. The zero-order chi connectivity index (χ0) is 25.4. The highest BCUT2D eigenvalue weighted by Gasteiger charge is 2.23. The van der Waals surface area contributed by atoms with Gasteiger partial charge in [-0.2, -0.15) is 5.10 Å². The van der Waals surface area contributed by atoms with Crippen molar-refractivity contribution >= 4 is 0 Å². The summed E-state index contributed by atoms with van der Waals surface area (Å²) in [6, 6.07) is 18.0. The summed E-state index contributed by atoms with van der Waals surface area (Å²) >= 11 is 0. The summed E-state index contributed by atoms with van der Waals surface area (Å²) in [7, 11) is 1.68. The Bertz CT molecular complexity index is 1060. The van der Waals surface area contributed by atoms with Gasteiger partial charge in [-0.05, 0) is 64.4 Å². The highest BCUT2D eigenvalue weighted by Crippen LogP contribution is 2.32. The quantitative estimate of drug-likeness (QED) is 0.397. The van der Waals surface area contributed by atoms with Crippen LogP contribution in [0, 0.1) is 13.8 Å². The summed E-state index contributed by atoms with van der Waals surface area (Å²) in [6.07, 6.45) is -0.628. The summed E-state index contributed by atoms with van der Waals surface area (Å²) in [6.45, 7) is 12.5. The number of aryl methyl sites for hydroxylation is 2. The van der Waals surface area contributed by atoms with Crippen molar-refractivity contribution in [3.8, 4) is 17.3 Å². The molecule has 0 aliphatic heterocycles. The molecule has 190 valence electrons. The average molecular weight is 482 g/mol. The fourth-order valence-electron chi connectivity index (χ4n) is 3.74. The average Bonchev–Trinajstić information content (AvgIpc) is 3.11. The van der Waals surface area contributed by atoms with Crippen LogP contribution in [0.2, 0.25) is 0 Å². The van der Waals surface area contributed by atoms with Gasteiger partial charge in [0.2, 0.25) is 5.88 Å². The summed E-state index contributed by atoms with van der Waals surface area (Å²) in [5, 5.41) is 15.5. The fourth-order valence-corrected chi connectivity index (χ4v) is 3.74. The van der Waals surface area contributed by atoms with Crippen molar-refractivity contribution in [3.63, 3.8) is 0 Å². The molecule has 0 radical (unpaired) electrons. The van der Waals surface area contributed by atoms with Crippen LogP contribution in [0.3, 0.4) is 0 Å². The van der Waals surface area contributed by atoms with E-state index in [1.165, 1.54) is 0 Å². The zero-order valence-electron chi connectivity index (χ0n) is 21.8. The third-order valence-corrected chi connectivity index (χ3v) is 5.51. The van der Waals surface area contributed by atoms with Crippen molar-refractivity contribution in [2.75, 3.05) is 33.4 Å². The van der Waals surface area contributed by atoms with Gasteiger partial charge in [0.25, 0.3) is 0 Å². The Balaban J connectivity index is 1.92. The lowest BCUT2D eigenvalue weighted by Gasteiger charge is -2.27. The molecule has 3 rings (SSSR count). The summed E-state index contributed by atoms with van der Waals surface area (Å²) in [5.41, 5.74) is 3.58. The number of ether oxygens (including phenoxy) is 3. The number of hydrogen-bond donors (Lipinski definition) is 1. The molecular formula is C28H39N3O4. The Morgan fingerprint density at radius 1 is 1.06 bits per heavy atom. The summed E-state index contributed by atoms with van der Waals surface area (Å²) in [4.78, 5) is 2.16. The largest absolute Gasteiger partial charge is 0.439 e. The maximum Gasteiger partial charge on any atom is 0.227 e. The van der Waals surface area contributed by atoms with E-state index in [-0.39, 0.29) is 12.2 Å². The van der Waals surface area contributed by atoms with Crippen molar-refractivity contribution in [1.29, 1.82) is 0 Å². The van der Waals surface area contributed by atoms with Crippen LogP contribution in [0.25, 0.3) is 5.69 Å². The molecule has 1 N–H and O–H groups in total. The van der Waals surface area contributed by atoms with E-state index in [2.05, 4.69) is 4.90 Å². The summed E-state index contributed by atoms with van der Waals surface area (Å²) in [5.74, 6) is 1.42. The van der Waals surface area contributed by atoms with Gasteiger partial charge in [-0.3, -0.25) is 4.90 Å². The Morgan fingerprint density at radius 2 is 1.80 bits per heavy atom. The van der Waals surface area contributed by atoms with Crippen LogP contribution in [0.5, 0.6) is 11.6 Å². The van der Waals surface area contributed by atoms with Crippen LogP contribution in [0.1, 0.15) is 37.6 Å². The van der Waals surface area contributed by atoms with Gasteiger partial charge in [0, 0.05) is 26.7 Å². The zero-order valence-corrected chi connectivity index (χ0v) is 21.8. The van der Waals surface area contributed by atoms with Gasteiger partial charge < -0.3 is 19.3 Å². The first-order chi connectivity index (χ1) is 16.7. The lowest BCUT2D eigenvalue weighted by molar-refractivity contribution is -0.0577. The van der Waals surface area contributed by atoms with Gasteiger partial charge >= 0.3 is 0 Å². The third kappa shape index (κ3) is 8.18. The first-order valence-corrected chi connectivity index (χ1v) is 12.1. The Kier molecular flexibility index (Phi) is 9.46. The monoisotopic (exact) mass is 481 g/mol. The molecule has 7 heteroatoms. The molecular weight excluding hydrogens is 442 g/mol. The van der Waals surface area contributed by atoms with Crippen molar-refractivity contribution in [1.82, 2.24) is 14.7 Å². The van der Waals surface area contributed by atoms with E-state index in [1.54, 1.807) is 7.11 Å². The fraction of sp³-hybridized carbons (Fsp3) is 0.464. The van der Waals surface area contributed by atoms with Crippen molar-refractivity contribution in [3.05, 3.63) is 71.4 Å². The number of aliphatic hydroxyl groups excluding tert-OH is 1. The minimum absolute atomic E-state index is 0.266. The Morgan fingerprint density at radius 3 is 2.46 bits per heavy atom. The van der Waals surface area contributed by atoms with Crippen LogP contribution in [0.15, 0.2) is 54.6 Å². The molecule has 1 atom stereocenters. The van der Waals surface area contributed by atoms with Crippen LogP contribution >= 0.6 is 0 Å². The number of aliphatic hydroxyl groups is 1. The van der Waals surface area contributed by atoms with E-state index in [9.17, 15) is 5.11 Å². The van der Waals surface area contributed by atoms with Crippen LogP contribution < -0.4 is 4.74 Å². The predicted molar refractivity (Wildman–Crippen MR) is 138 cm³/mol. The van der Waals surface area contributed by atoms with Crippen LogP contribution in [0.4, 0.5) is 0 Å². The molecule has 0 bridgehead atoms. The summed E-state index contributed by atoms with van der Waals surface area (Å²) < 4.78 is 19.4. The normalized spacial score (nSPS) is 12.8. The van der Waals surface area contributed by atoms with Crippen molar-refractivity contribution in [2.24, 2.45) is 0 Å². The number of nitrogens with zero attached hydrogens (tertiary/aromatic N) is 3. The number of benzene rings is 2. The standard InChI is InChI=1S/C28H39N3O4/c1-21-11-10-14-25(17-21)35-27-26(22(2)29-31(27)23-12-8-7-9-13-23)19-30(15-16-33-6)18-24(32)20-34-28(3,4)5/h7-14,17,24,32H,15-16,18-20H2,1-6H3/t24-/m0/s1. The maximum absolute atomic E-state index is 10.7. The van der Waals surface area contributed by atoms with Gasteiger partial charge in [0.15, 0.2) is 0 Å². The highest BCUT2D eigenvalue weighted by atomic mass is 16.5. The predicted octanol–water partition coefficient (Wildman–Crippen LogP) is 4.91. The number of aromatic nitrogens is 2. The first-order valence-electron chi connectivity index (χ1n) is 12.1. The molecule has 3 aromatic rings. The molecule has 0 fully saturated rings. The molecule has 0 saturated heterocycles. The molecule has 0 amide bonds. The molecule has 1 heterocycles. The van der Waals surface area contributed by atoms with Crippen LogP contribution in [-0.4, -0.2) is 64.9 Å². The second-order valence-electron chi connectivity index (χ2n) is 9.84. The molecule has 0 aliphatic rings. The maximum atomic E-state index is 10.7. The minimum Gasteiger partial charge on any atom is -0.439 e. The van der Waals surface area contributed by atoms with Gasteiger partial charge in [-0.15, -0.1) is 0 Å². The Hall–Kier alpha value is -2.71. The molecule has 0 spiro atoms. The van der Waals surface area contributed by atoms with Gasteiger partial charge in [0.1, 0.15) is 5.75 Å². The SMILES string of the molecule is COCCN(Cc1c(C)nn(-c2ccccc2)c1Oc1cccc(C)c1)C[C@H](O)COC(C)(C)C. The topological polar surface area (TPSA) is 69.0 Å². The lowest BCUT2D eigenvalue weighted by atomic mass is 10.2. The highest BCUT2D eigenvalue weighted by molar-refractivity contribution is 5.43. The van der Waals surface area contributed by atoms with Gasteiger partial charge in [-0.1, -0.05) is 30.3 Å². The second-order valence-corrected chi connectivity index (χ2v) is 9.84.